The van der Waals surface area contributed by atoms with Gasteiger partial charge in [0.05, 0.1) is 6.54 Å². The lowest BCUT2D eigenvalue weighted by atomic mass is 10.2. The zero-order valence-electron chi connectivity index (χ0n) is 15.0. The number of amides is 1. The standard InChI is InChI=1S/C20H24FN3OS/c1-26-19-8-2-16(3-9-19)14-23-10-12-24(13-11-23)15-20(25)22-18-6-4-17(21)5-7-18/h2-9H,10-15H2,1H3,(H,22,25). The van der Waals surface area contributed by atoms with Gasteiger partial charge in [-0.25, -0.2) is 4.39 Å². The van der Waals surface area contributed by atoms with Crippen molar-refractivity contribution in [1.82, 2.24) is 9.80 Å². The molecule has 1 fully saturated rings. The van der Waals surface area contributed by atoms with Crippen molar-refractivity contribution in [3.63, 3.8) is 0 Å². The van der Waals surface area contributed by atoms with Gasteiger partial charge >= 0.3 is 0 Å². The number of nitrogens with one attached hydrogen (secondary N) is 1. The van der Waals surface area contributed by atoms with Crippen LogP contribution in [0.5, 0.6) is 0 Å². The first-order chi connectivity index (χ1) is 12.6. The molecule has 0 bridgehead atoms. The van der Waals surface area contributed by atoms with Gasteiger partial charge in [-0.15, -0.1) is 11.8 Å². The van der Waals surface area contributed by atoms with Crippen molar-refractivity contribution in [2.45, 2.75) is 11.4 Å². The predicted octanol–water partition coefficient (Wildman–Crippen LogP) is 3.30. The van der Waals surface area contributed by atoms with Crippen LogP contribution in [0.2, 0.25) is 0 Å². The van der Waals surface area contributed by atoms with Gasteiger partial charge in [0.2, 0.25) is 5.91 Å². The molecule has 0 unspecified atom stereocenters. The van der Waals surface area contributed by atoms with Crippen LogP contribution in [0.4, 0.5) is 10.1 Å². The number of carbonyl (C=O) groups is 1. The minimum absolute atomic E-state index is 0.0577. The smallest absolute Gasteiger partial charge is 0.238 e. The first kappa shape index (κ1) is 18.9. The van der Waals surface area contributed by atoms with E-state index in [0.29, 0.717) is 12.2 Å². The van der Waals surface area contributed by atoms with Crippen molar-refractivity contribution >= 4 is 23.4 Å². The molecule has 1 heterocycles. The molecule has 26 heavy (non-hydrogen) atoms. The Balaban J connectivity index is 1.41. The Morgan fingerprint density at radius 3 is 2.23 bits per heavy atom. The molecule has 3 rings (SSSR count). The number of rotatable bonds is 6. The summed E-state index contributed by atoms with van der Waals surface area (Å²) in [7, 11) is 0. The van der Waals surface area contributed by atoms with Crippen LogP contribution in [0, 0.1) is 5.82 Å². The highest BCUT2D eigenvalue weighted by Crippen LogP contribution is 2.16. The van der Waals surface area contributed by atoms with E-state index in [1.54, 1.807) is 23.9 Å². The average Bonchev–Trinajstić information content (AvgIpc) is 2.66. The van der Waals surface area contributed by atoms with E-state index in [1.807, 2.05) is 0 Å². The zero-order chi connectivity index (χ0) is 18.4. The van der Waals surface area contributed by atoms with Crippen LogP contribution in [0.25, 0.3) is 0 Å². The fourth-order valence-electron chi connectivity index (χ4n) is 3.03. The maximum atomic E-state index is 12.9. The lowest BCUT2D eigenvalue weighted by molar-refractivity contribution is -0.117. The molecular formula is C20H24FN3OS. The third kappa shape index (κ3) is 5.56. The molecule has 138 valence electrons. The van der Waals surface area contributed by atoms with Gasteiger partial charge in [0.15, 0.2) is 0 Å². The molecular weight excluding hydrogens is 349 g/mol. The van der Waals surface area contributed by atoms with Crippen LogP contribution < -0.4 is 5.32 Å². The van der Waals surface area contributed by atoms with E-state index in [2.05, 4.69) is 45.6 Å². The summed E-state index contributed by atoms with van der Waals surface area (Å²) in [6.07, 6.45) is 2.08. The zero-order valence-corrected chi connectivity index (χ0v) is 15.8. The molecule has 1 aliphatic heterocycles. The molecule has 1 N–H and O–H groups in total. The third-order valence-corrected chi connectivity index (χ3v) is 5.27. The van der Waals surface area contributed by atoms with Crippen molar-refractivity contribution in [3.8, 4) is 0 Å². The number of halogens is 1. The number of hydrogen-bond donors (Lipinski definition) is 1. The van der Waals surface area contributed by atoms with Crippen molar-refractivity contribution < 1.29 is 9.18 Å². The van der Waals surface area contributed by atoms with E-state index in [-0.39, 0.29) is 11.7 Å². The Hall–Kier alpha value is -1.89. The van der Waals surface area contributed by atoms with Gasteiger partial charge < -0.3 is 5.32 Å². The lowest BCUT2D eigenvalue weighted by Gasteiger charge is -2.34. The van der Waals surface area contributed by atoms with E-state index in [1.165, 1.54) is 22.6 Å². The summed E-state index contributed by atoms with van der Waals surface area (Å²) in [4.78, 5) is 18.0. The Morgan fingerprint density at radius 2 is 1.62 bits per heavy atom. The van der Waals surface area contributed by atoms with E-state index >= 15 is 0 Å². The fraction of sp³-hybridized carbons (Fsp3) is 0.350. The molecule has 1 aliphatic rings. The van der Waals surface area contributed by atoms with Crippen LogP contribution in [-0.4, -0.2) is 54.7 Å². The van der Waals surface area contributed by atoms with Crippen molar-refractivity contribution in [2.75, 3.05) is 44.3 Å². The summed E-state index contributed by atoms with van der Waals surface area (Å²) in [6, 6.07) is 14.6. The largest absolute Gasteiger partial charge is 0.325 e. The van der Waals surface area contributed by atoms with Crippen molar-refractivity contribution in [1.29, 1.82) is 0 Å². The van der Waals surface area contributed by atoms with E-state index in [9.17, 15) is 9.18 Å². The SMILES string of the molecule is CSc1ccc(CN2CCN(CC(=O)Nc3ccc(F)cc3)CC2)cc1. The second kappa shape index (κ2) is 9.16. The first-order valence-electron chi connectivity index (χ1n) is 8.75. The molecule has 1 saturated heterocycles. The molecule has 4 nitrogen and oxygen atoms in total. The number of piperazine rings is 1. The summed E-state index contributed by atoms with van der Waals surface area (Å²) < 4.78 is 12.9. The van der Waals surface area contributed by atoms with E-state index < -0.39 is 0 Å². The second-order valence-corrected chi connectivity index (χ2v) is 7.34. The number of thioether (sulfide) groups is 1. The molecule has 0 atom stereocenters. The maximum absolute atomic E-state index is 12.9. The Labute approximate surface area is 158 Å². The van der Waals surface area contributed by atoms with Crippen LogP contribution in [0.3, 0.4) is 0 Å². The Morgan fingerprint density at radius 1 is 1.00 bits per heavy atom. The highest BCUT2D eigenvalue weighted by Gasteiger charge is 2.19. The van der Waals surface area contributed by atoms with Gasteiger partial charge in [-0.3, -0.25) is 14.6 Å². The van der Waals surface area contributed by atoms with Gasteiger partial charge in [0.25, 0.3) is 0 Å². The van der Waals surface area contributed by atoms with E-state index in [0.717, 1.165) is 32.7 Å². The molecule has 0 aromatic heterocycles. The minimum Gasteiger partial charge on any atom is -0.325 e. The average molecular weight is 373 g/mol. The van der Waals surface area contributed by atoms with Gasteiger partial charge in [0.1, 0.15) is 5.82 Å². The molecule has 0 aliphatic carbocycles. The predicted molar refractivity (Wildman–Crippen MR) is 105 cm³/mol. The van der Waals surface area contributed by atoms with Gasteiger partial charge in [-0.05, 0) is 48.2 Å². The van der Waals surface area contributed by atoms with Crippen LogP contribution in [0.15, 0.2) is 53.4 Å². The molecule has 6 heteroatoms. The summed E-state index contributed by atoms with van der Waals surface area (Å²) in [6.45, 7) is 4.97. The summed E-state index contributed by atoms with van der Waals surface area (Å²) in [5.74, 6) is -0.361. The number of carbonyl (C=O) groups excluding carboxylic acids is 1. The molecule has 0 spiro atoms. The molecule has 0 radical (unpaired) electrons. The first-order valence-corrected chi connectivity index (χ1v) is 9.98. The Bertz CT molecular complexity index is 713. The van der Waals surface area contributed by atoms with Crippen LogP contribution >= 0.6 is 11.8 Å². The molecule has 2 aromatic rings. The third-order valence-electron chi connectivity index (χ3n) is 4.53. The second-order valence-electron chi connectivity index (χ2n) is 6.46. The van der Waals surface area contributed by atoms with Crippen molar-refractivity contribution in [2.24, 2.45) is 0 Å². The van der Waals surface area contributed by atoms with E-state index in [4.69, 9.17) is 0 Å². The molecule has 2 aromatic carbocycles. The number of benzene rings is 2. The van der Waals surface area contributed by atoms with Gasteiger partial charge in [-0.1, -0.05) is 12.1 Å². The normalized spacial score (nSPS) is 15.8. The summed E-state index contributed by atoms with van der Waals surface area (Å²) in [5.41, 5.74) is 1.95. The highest BCUT2D eigenvalue weighted by molar-refractivity contribution is 7.98. The quantitative estimate of drug-likeness (QED) is 0.788. The number of anilines is 1. The van der Waals surface area contributed by atoms with Gasteiger partial charge in [0, 0.05) is 43.3 Å². The maximum Gasteiger partial charge on any atom is 0.238 e. The lowest BCUT2D eigenvalue weighted by Crippen LogP contribution is -2.48. The van der Waals surface area contributed by atoms with Gasteiger partial charge in [-0.2, -0.15) is 0 Å². The number of nitrogens with zero attached hydrogens (tertiary/aromatic N) is 2. The monoisotopic (exact) mass is 373 g/mol. The Kier molecular flexibility index (Phi) is 6.66. The fourth-order valence-corrected chi connectivity index (χ4v) is 3.44. The number of hydrogen-bond acceptors (Lipinski definition) is 4. The van der Waals surface area contributed by atoms with Crippen LogP contribution in [-0.2, 0) is 11.3 Å². The minimum atomic E-state index is -0.304. The molecule has 1 amide bonds. The van der Waals surface area contributed by atoms with Crippen molar-refractivity contribution in [3.05, 3.63) is 59.9 Å². The highest BCUT2D eigenvalue weighted by atomic mass is 32.2. The summed E-state index contributed by atoms with van der Waals surface area (Å²) >= 11 is 1.75. The summed E-state index contributed by atoms with van der Waals surface area (Å²) in [5, 5.41) is 2.82. The molecule has 0 saturated carbocycles. The topological polar surface area (TPSA) is 35.6 Å². The van der Waals surface area contributed by atoms with Crippen LogP contribution in [0.1, 0.15) is 5.56 Å².